The van der Waals surface area contributed by atoms with E-state index in [0.717, 1.165) is 34.3 Å². The molecule has 110 valence electrons. The molecule has 0 saturated heterocycles. The summed E-state index contributed by atoms with van der Waals surface area (Å²) < 4.78 is 13.7. The summed E-state index contributed by atoms with van der Waals surface area (Å²) in [6.07, 6.45) is 4.77. The number of H-pyrrole nitrogens is 1. The minimum Gasteiger partial charge on any atom is -0.346 e. The summed E-state index contributed by atoms with van der Waals surface area (Å²) in [5.74, 6) is 0.704. The zero-order chi connectivity index (χ0) is 15.1. The van der Waals surface area contributed by atoms with Gasteiger partial charge in [0.1, 0.15) is 11.5 Å². The number of rotatable bonds is 2. The van der Waals surface area contributed by atoms with Gasteiger partial charge in [-0.1, -0.05) is 23.7 Å². The summed E-state index contributed by atoms with van der Waals surface area (Å²) >= 11 is 7.95. The number of aromatic amines is 1. The number of aromatic nitrogens is 2. The molecular formula is C17H12ClFN2S. The second kappa shape index (κ2) is 5.45. The first-order chi connectivity index (χ1) is 10.7. The summed E-state index contributed by atoms with van der Waals surface area (Å²) in [5.41, 5.74) is 4.76. The molecule has 0 unspecified atom stereocenters. The number of halogens is 2. The van der Waals surface area contributed by atoms with E-state index >= 15 is 0 Å². The van der Waals surface area contributed by atoms with Crippen molar-refractivity contribution in [3.63, 3.8) is 0 Å². The number of fused-ring (bicyclic) bond motifs is 1. The maximum absolute atomic E-state index is 13.7. The van der Waals surface area contributed by atoms with E-state index < -0.39 is 5.82 Å². The van der Waals surface area contributed by atoms with Crippen LogP contribution in [0.1, 0.15) is 12.0 Å². The molecule has 1 aromatic carbocycles. The molecule has 1 N–H and O–H groups in total. The molecule has 22 heavy (non-hydrogen) atoms. The standard InChI is InChI=1S/C17H12ClFN2S/c18-16-12(2-1-3-15(16)19)14-8-21-17-13(14)6-11(7-20-17)10-4-5-22-9-10/h1-3,6-9H,4-5H2,(H,20,21). The molecule has 4 rings (SSSR count). The normalized spacial score (nSPS) is 14.5. The Kier molecular flexibility index (Phi) is 3.43. The first-order valence-electron chi connectivity index (χ1n) is 6.96. The summed E-state index contributed by atoms with van der Waals surface area (Å²) in [7, 11) is 0. The summed E-state index contributed by atoms with van der Waals surface area (Å²) in [4.78, 5) is 7.62. The topological polar surface area (TPSA) is 28.7 Å². The van der Waals surface area contributed by atoms with Gasteiger partial charge in [-0.3, -0.25) is 0 Å². The van der Waals surface area contributed by atoms with Crippen LogP contribution in [0.4, 0.5) is 4.39 Å². The number of allylic oxidation sites excluding steroid dienone is 1. The van der Waals surface area contributed by atoms with Crippen LogP contribution in [0, 0.1) is 5.82 Å². The van der Waals surface area contributed by atoms with Crippen LogP contribution in [0.5, 0.6) is 0 Å². The van der Waals surface area contributed by atoms with Crippen molar-refractivity contribution in [3.05, 3.63) is 58.5 Å². The zero-order valence-electron chi connectivity index (χ0n) is 11.6. The molecule has 3 aromatic rings. The molecule has 1 aliphatic heterocycles. The zero-order valence-corrected chi connectivity index (χ0v) is 13.1. The highest BCUT2D eigenvalue weighted by Gasteiger charge is 2.15. The Labute approximate surface area is 136 Å². The molecular weight excluding hydrogens is 319 g/mol. The molecule has 0 atom stereocenters. The second-order valence-electron chi connectivity index (χ2n) is 5.19. The lowest BCUT2D eigenvalue weighted by atomic mass is 10.0. The quantitative estimate of drug-likeness (QED) is 0.672. The summed E-state index contributed by atoms with van der Waals surface area (Å²) in [6.45, 7) is 0. The van der Waals surface area contributed by atoms with Gasteiger partial charge >= 0.3 is 0 Å². The molecule has 3 heterocycles. The number of benzene rings is 1. The molecule has 0 fully saturated rings. The molecule has 0 aliphatic carbocycles. The van der Waals surface area contributed by atoms with Gasteiger partial charge < -0.3 is 4.98 Å². The highest BCUT2D eigenvalue weighted by atomic mass is 35.5. The van der Waals surface area contributed by atoms with Crippen LogP contribution in [0.25, 0.3) is 27.7 Å². The number of nitrogens with one attached hydrogen (secondary N) is 1. The molecule has 0 saturated carbocycles. The number of hydrogen-bond donors (Lipinski definition) is 1. The van der Waals surface area contributed by atoms with Crippen molar-refractivity contribution in [2.45, 2.75) is 6.42 Å². The summed E-state index contributed by atoms with van der Waals surface area (Å²) in [5, 5.41) is 3.29. The van der Waals surface area contributed by atoms with Crippen LogP contribution >= 0.6 is 23.4 Å². The van der Waals surface area contributed by atoms with Gasteiger partial charge in [0.15, 0.2) is 0 Å². The third-order valence-corrected chi connectivity index (χ3v) is 5.13. The van der Waals surface area contributed by atoms with Crippen molar-refractivity contribution >= 4 is 40.0 Å². The fourth-order valence-electron chi connectivity index (χ4n) is 2.71. The van der Waals surface area contributed by atoms with Crippen LogP contribution in [-0.2, 0) is 0 Å². The van der Waals surface area contributed by atoms with Crippen molar-refractivity contribution in [2.75, 3.05) is 5.75 Å². The van der Waals surface area contributed by atoms with E-state index in [1.54, 1.807) is 6.07 Å². The van der Waals surface area contributed by atoms with Gasteiger partial charge in [0, 0.05) is 34.7 Å². The number of thioether (sulfide) groups is 1. The van der Waals surface area contributed by atoms with E-state index in [9.17, 15) is 4.39 Å². The van der Waals surface area contributed by atoms with Crippen LogP contribution in [-0.4, -0.2) is 15.7 Å². The Balaban J connectivity index is 1.91. The van der Waals surface area contributed by atoms with Gasteiger partial charge in [-0.2, -0.15) is 0 Å². The van der Waals surface area contributed by atoms with E-state index in [0.29, 0.717) is 5.56 Å². The van der Waals surface area contributed by atoms with E-state index in [1.165, 1.54) is 11.6 Å². The average molecular weight is 331 g/mol. The smallest absolute Gasteiger partial charge is 0.142 e. The van der Waals surface area contributed by atoms with Gasteiger partial charge in [-0.05, 0) is 35.1 Å². The molecule has 1 aliphatic rings. The van der Waals surface area contributed by atoms with Crippen LogP contribution < -0.4 is 0 Å². The molecule has 2 nitrogen and oxygen atoms in total. The van der Waals surface area contributed by atoms with Gasteiger partial charge in [0.25, 0.3) is 0 Å². The van der Waals surface area contributed by atoms with Gasteiger partial charge in [0.2, 0.25) is 0 Å². The third-order valence-electron chi connectivity index (χ3n) is 3.86. The average Bonchev–Trinajstić information content (AvgIpc) is 3.18. The lowest BCUT2D eigenvalue weighted by Gasteiger charge is -2.05. The predicted octanol–water partition coefficient (Wildman–Crippen LogP) is 5.50. The van der Waals surface area contributed by atoms with E-state index in [2.05, 4.69) is 21.4 Å². The summed E-state index contributed by atoms with van der Waals surface area (Å²) in [6, 6.07) is 6.96. The molecule has 0 radical (unpaired) electrons. The lowest BCUT2D eigenvalue weighted by Crippen LogP contribution is -1.87. The van der Waals surface area contributed by atoms with Crippen LogP contribution in [0.15, 0.2) is 42.1 Å². The van der Waals surface area contributed by atoms with Crippen molar-refractivity contribution in [1.82, 2.24) is 9.97 Å². The second-order valence-corrected chi connectivity index (χ2v) is 6.54. The first kappa shape index (κ1) is 13.9. The number of nitrogens with zero attached hydrogens (tertiary/aromatic N) is 1. The van der Waals surface area contributed by atoms with E-state index in [4.69, 9.17) is 11.6 Å². The molecule has 2 aromatic heterocycles. The highest BCUT2D eigenvalue weighted by Crippen LogP contribution is 2.36. The Hall–Kier alpha value is -1.78. The van der Waals surface area contributed by atoms with E-state index in [-0.39, 0.29) is 5.02 Å². The Bertz CT molecular complexity index is 901. The van der Waals surface area contributed by atoms with Crippen molar-refractivity contribution < 1.29 is 4.39 Å². The van der Waals surface area contributed by atoms with Gasteiger partial charge in [-0.25, -0.2) is 9.37 Å². The van der Waals surface area contributed by atoms with Crippen LogP contribution in [0.3, 0.4) is 0 Å². The SMILES string of the molecule is Fc1cccc(-c2c[nH]c3ncc(C4=CSCC4)cc23)c1Cl. The maximum Gasteiger partial charge on any atom is 0.142 e. The molecule has 0 amide bonds. The molecule has 5 heteroatoms. The van der Waals surface area contributed by atoms with Crippen molar-refractivity contribution in [3.8, 4) is 11.1 Å². The minimum absolute atomic E-state index is 0.143. The van der Waals surface area contributed by atoms with Crippen molar-refractivity contribution in [1.29, 1.82) is 0 Å². The Morgan fingerprint density at radius 2 is 2.18 bits per heavy atom. The van der Waals surface area contributed by atoms with Crippen molar-refractivity contribution in [2.24, 2.45) is 0 Å². The fraction of sp³-hybridized carbons (Fsp3) is 0.118. The maximum atomic E-state index is 13.7. The number of pyridine rings is 1. The van der Waals surface area contributed by atoms with Gasteiger partial charge in [0.05, 0.1) is 5.02 Å². The monoisotopic (exact) mass is 330 g/mol. The van der Waals surface area contributed by atoms with Crippen LogP contribution in [0.2, 0.25) is 5.02 Å². The lowest BCUT2D eigenvalue weighted by molar-refractivity contribution is 0.629. The molecule has 0 bridgehead atoms. The largest absolute Gasteiger partial charge is 0.346 e. The first-order valence-corrected chi connectivity index (χ1v) is 8.39. The fourth-order valence-corrected chi connectivity index (χ4v) is 3.85. The Morgan fingerprint density at radius 1 is 1.27 bits per heavy atom. The van der Waals surface area contributed by atoms with Gasteiger partial charge in [-0.15, -0.1) is 11.8 Å². The molecule has 0 spiro atoms. The third kappa shape index (κ3) is 2.23. The Morgan fingerprint density at radius 3 is 3.00 bits per heavy atom. The number of hydrogen-bond acceptors (Lipinski definition) is 2. The highest BCUT2D eigenvalue weighted by molar-refractivity contribution is 8.02. The van der Waals surface area contributed by atoms with E-state index in [1.807, 2.05) is 30.2 Å². The minimum atomic E-state index is -0.410. The predicted molar refractivity (Wildman–Crippen MR) is 91.5 cm³/mol.